The minimum Gasteiger partial charge on any atom is -0.339 e. The van der Waals surface area contributed by atoms with E-state index in [9.17, 15) is 9.59 Å². The first-order chi connectivity index (χ1) is 9.24. The number of amides is 2. The Labute approximate surface area is 123 Å². The number of nitrogens with zero attached hydrogens (tertiary/aromatic N) is 2. The third-order valence-electron chi connectivity index (χ3n) is 3.55. The summed E-state index contributed by atoms with van der Waals surface area (Å²) in [6, 6.07) is -0.211. The monoisotopic (exact) mass is 302 g/mol. The van der Waals surface area contributed by atoms with Gasteiger partial charge in [-0.2, -0.15) is 11.8 Å². The third-order valence-corrected chi connectivity index (χ3v) is 5.51. The molecule has 2 aliphatic heterocycles. The van der Waals surface area contributed by atoms with Crippen LogP contribution in [0.25, 0.3) is 0 Å². The summed E-state index contributed by atoms with van der Waals surface area (Å²) < 4.78 is 0. The summed E-state index contributed by atoms with van der Waals surface area (Å²) in [5.41, 5.74) is 0. The Morgan fingerprint density at radius 3 is 2.63 bits per heavy atom. The maximum absolute atomic E-state index is 12.5. The van der Waals surface area contributed by atoms with Crippen molar-refractivity contribution in [3.8, 4) is 0 Å². The van der Waals surface area contributed by atoms with Gasteiger partial charge >= 0.3 is 0 Å². The molecule has 0 N–H and O–H groups in total. The lowest BCUT2D eigenvalue weighted by atomic mass is 10.2. The van der Waals surface area contributed by atoms with Crippen molar-refractivity contribution in [3.05, 3.63) is 0 Å². The number of hydrogen-bond donors (Lipinski definition) is 0. The Morgan fingerprint density at radius 1 is 1.21 bits per heavy atom. The minimum absolute atomic E-state index is 0.150. The molecular weight excluding hydrogens is 280 g/mol. The Kier molecular flexibility index (Phi) is 5.88. The van der Waals surface area contributed by atoms with Crippen LogP contribution >= 0.6 is 23.5 Å². The highest BCUT2D eigenvalue weighted by molar-refractivity contribution is 7.99. The summed E-state index contributed by atoms with van der Waals surface area (Å²) in [6.07, 6.45) is 2.52. The summed E-state index contributed by atoms with van der Waals surface area (Å²) in [7, 11) is 0. The van der Waals surface area contributed by atoms with Gasteiger partial charge in [0.25, 0.3) is 0 Å². The lowest BCUT2D eigenvalue weighted by molar-refractivity contribution is -0.143. The molecule has 0 aromatic rings. The van der Waals surface area contributed by atoms with Gasteiger partial charge in [-0.25, -0.2) is 0 Å². The van der Waals surface area contributed by atoms with Gasteiger partial charge in [0.15, 0.2) is 0 Å². The van der Waals surface area contributed by atoms with Gasteiger partial charge in [-0.3, -0.25) is 9.59 Å². The molecule has 0 aromatic carbocycles. The first kappa shape index (κ1) is 15.0. The molecule has 1 unspecified atom stereocenters. The van der Waals surface area contributed by atoms with E-state index in [0.717, 1.165) is 43.2 Å². The SMILES string of the molecule is CCCCC(=O)N1CSCC1C(=O)N1CCSCC1. The average molecular weight is 302 g/mol. The standard InChI is InChI=1S/C13H22N2O2S2/c1-2-3-4-12(16)15-10-19-9-11(15)13(17)14-5-7-18-8-6-14/h11H,2-10H2,1H3. The van der Waals surface area contributed by atoms with Gasteiger partial charge in [-0.05, 0) is 6.42 Å². The van der Waals surface area contributed by atoms with Crippen molar-refractivity contribution in [2.24, 2.45) is 0 Å². The fraction of sp³-hybridized carbons (Fsp3) is 0.846. The van der Waals surface area contributed by atoms with Crippen molar-refractivity contribution in [1.82, 2.24) is 9.80 Å². The van der Waals surface area contributed by atoms with E-state index in [1.807, 2.05) is 16.7 Å². The maximum atomic E-state index is 12.5. The van der Waals surface area contributed by atoms with E-state index >= 15 is 0 Å². The Bertz CT molecular complexity index is 333. The third kappa shape index (κ3) is 3.81. The first-order valence-electron chi connectivity index (χ1n) is 6.97. The average Bonchev–Trinajstić information content (AvgIpc) is 2.94. The van der Waals surface area contributed by atoms with Crippen LogP contribution in [0, 0.1) is 0 Å². The summed E-state index contributed by atoms with van der Waals surface area (Å²) in [4.78, 5) is 28.4. The van der Waals surface area contributed by atoms with Crippen LogP contribution in [0.1, 0.15) is 26.2 Å². The van der Waals surface area contributed by atoms with E-state index in [2.05, 4.69) is 6.92 Å². The molecule has 1 atom stereocenters. The molecule has 0 aromatic heterocycles. The first-order valence-corrected chi connectivity index (χ1v) is 9.28. The van der Waals surface area contributed by atoms with Gasteiger partial charge in [0.1, 0.15) is 6.04 Å². The van der Waals surface area contributed by atoms with Crippen LogP contribution in [0.2, 0.25) is 0 Å². The maximum Gasteiger partial charge on any atom is 0.246 e. The fourth-order valence-electron chi connectivity index (χ4n) is 2.36. The van der Waals surface area contributed by atoms with Gasteiger partial charge < -0.3 is 9.80 Å². The van der Waals surface area contributed by atoms with E-state index in [1.165, 1.54) is 0 Å². The topological polar surface area (TPSA) is 40.6 Å². The van der Waals surface area contributed by atoms with Crippen LogP contribution in [-0.2, 0) is 9.59 Å². The molecule has 2 amide bonds. The van der Waals surface area contributed by atoms with Crippen molar-refractivity contribution in [1.29, 1.82) is 0 Å². The van der Waals surface area contributed by atoms with Crippen molar-refractivity contribution in [2.45, 2.75) is 32.2 Å². The highest BCUT2D eigenvalue weighted by Crippen LogP contribution is 2.24. The van der Waals surface area contributed by atoms with E-state index in [1.54, 1.807) is 16.7 Å². The minimum atomic E-state index is -0.211. The lowest BCUT2D eigenvalue weighted by Gasteiger charge is -2.32. The Hall–Kier alpha value is -0.360. The Balaban J connectivity index is 1.93. The van der Waals surface area contributed by atoms with Crippen LogP contribution in [0.5, 0.6) is 0 Å². The quantitative estimate of drug-likeness (QED) is 0.792. The van der Waals surface area contributed by atoms with Crippen molar-refractivity contribution >= 4 is 35.3 Å². The fourth-order valence-corrected chi connectivity index (χ4v) is 4.43. The zero-order valence-corrected chi connectivity index (χ0v) is 13.1. The van der Waals surface area contributed by atoms with E-state index in [4.69, 9.17) is 0 Å². The summed E-state index contributed by atoms with van der Waals surface area (Å²) in [5.74, 6) is 3.80. The normalized spacial score (nSPS) is 23.7. The predicted octanol–water partition coefficient (Wildman–Crippen LogP) is 1.65. The summed E-state index contributed by atoms with van der Waals surface area (Å²) in [5, 5.41) is 0. The molecule has 2 aliphatic rings. The van der Waals surface area contributed by atoms with Gasteiger partial charge in [-0.1, -0.05) is 13.3 Å². The second kappa shape index (κ2) is 7.43. The summed E-state index contributed by atoms with van der Waals surface area (Å²) in [6.45, 7) is 3.75. The van der Waals surface area contributed by atoms with Gasteiger partial charge in [0, 0.05) is 36.8 Å². The van der Waals surface area contributed by atoms with Crippen molar-refractivity contribution in [3.63, 3.8) is 0 Å². The molecule has 6 heteroatoms. The molecule has 108 valence electrons. The molecule has 2 heterocycles. The smallest absolute Gasteiger partial charge is 0.246 e. The number of thioether (sulfide) groups is 2. The molecule has 0 saturated carbocycles. The van der Waals surface area contributed by atoms with Crippen molar-refractivity contribution < 1.29 is 9.59 Å². The molecule has 0 spiro atoms. The van der Waals surface area contributed by atoms with Gasteiger partial charge in [0.05, 0.1) is 5.88 Å². The van der Waals surface area contributed by atoms with Crippen LogP contribution in [0.4, 0.5) is 0 Å². The molecule has 4 nitrogen and oxygen atoms in total. The predicted molar refractivity (Wildman–Crippen MR) is 81.4 cm³/mol. The lowest BCUT2D eigenvalue weighted by Crippen LogP contribution is -2.51. The number of unbranched alkanes of at least 4 members (excludes halogenated alkanes) is 1. The van der Waals surface area contributed by atoms with Crippen LogP contribution in [0.15, 0.2) is 0 Å². The number of hydrogen-bond acceptors (Lipinski definition) is 4. The van der Waals surface area contributed by atoms with E-state index in [0.29, 0.717) is 12.3 Å². The second-order valence-corrected chi connectivity index (χ2v) is 7.14. The van der Waals surface area contributed by atoms with Crippen LogP contribution < -0.4 is 0 Å². The molecule has 0 bridgehead atoms. The van der Waals surface area contributed by atoms with Crippen molar-refractivity contribution in [2.75, 3.05) is 36.2 Å². The molecule has 0 aliphatic carbocycles. The second-order valence-electron chi connectivity index (χ2n) is 4.92. The molecule has 19 heavy (non-hydrogen) atoms. The Morgan fingerprint density at radius 2 is 1.95 bits per heavy atom. The van der Waals surface area contributed by atoms with E-state index in [-0.39, 0.29) is 17.9 Å². The van der Waals surface area contributed by atoms with Crippen LogP contribution in [0.3, 0.4) is 0 Å². The zero-order chi connectivity index (χ0) is 13.7. The number of carbonyl (C=O) groups excluding carboxylic acids is 2. The number of rotatable bonds is 4. The highest BCUT2D eigenvalue weighted by atomic mass is 32.2. The highest BCUT2D eigenvalue weighted by Gasteiger charge is 2.36. The van der Waals surface area contributed by atoms with E-state index < -0.39 is 0 Å². The largest absolute Gasteiger partial charge is 0.339 e. The van der Waals surface area contributed by atoms with Crippen LogP contribution in [-0.4, -0.2) is 63.9 Å². The van der Waals surface area contributed by atoms with Gasteiger partial charge in [0.2, 0.25) is 11.8 Å². The molecule has 2 fully saturated rings. The molecule has 2 saturated heterocycles. The molecule has 2 rings (SSSR count). The number of carbonyl (C=O) groups is 2. The van der Waals surface area contributed by atoms with Gasteiger partial charge in [-0.15, -0.1) is 11.8 Å². The zero-order valence-electron chi connectivity index (χ0n) is 11.5. The molecular formula is C13H22N2O2S2. The summed E-state index contributed by atoms with van der Waals surface area (Å²) >= 11 is 3.59. The molecule has 0 radical (unpaired) electrons.